The molecule has 2 rings (SSSR count). The second-order valence-electron chi connectivity index (χ2n) is 5.19. The zero-order valence-electron chi connectivity index (χ0n) is 11.3. The molecule has 0 spiro atoms. The molecule has 100 valence electrons. The molecule has 1 aromatic rings. The molecular formula is C14H22N2O2. The Morgan fingerprint density at radius 2 is 2.28 bits per heavy atom. The van der Waals surface area contributed by atoms with Crippen molar-refractivity contribution < 1.29 is 9.32 Å². The van der Waals surface area contributed by atoms with E-state index in [9.17, 15) is 4.79 Å². The van der Waals surface area contributed by atoms with Crippen molar-refractivity contribution in [2.45, 2.75) is 51.5 Å². The summed E-state index contributed by atoms with van der Waals surface area (Å²) in [6.07, 6.45) is 7.95. The van der Waals surface area contributed by atoms with Crippen molar-refractivity contribution in [1.82, 2.24) is 10.1 Å². The SMILES string of the molecule is CC[C@H]1CCCC[C@H]1N(C)C(=O)Cc1ccon1. The van der Waals surface area contributed by atoms with E-state index in [4.69, 9.17) is 4.52 Å². The predicted molar refractivity (Wildman–Crippen MR) is 69.0 cm³/mol. The maximum Gasteiger partial charge on any atom is 0.228 e. The number of carbonyl (C=O) groups is 1. The van der Waals surface area contributed by atoms with E-state index in [1.165, 1.54) is 25.5 Å². The van der Waals surface area contributed by atoms with Gasteiger partial charge in [0, 0.05) is 19.2 Å². The number of rotatable bonds is 4. The van der Waals surface area contributed by atoms with Gasteiger partial charge in [0.2, 0.25) is 5.91 Å². The molecule has 1 saturated carbocycles. The number of amides is 1. The van der Waals surface area contributed by atoms with Crippen molar-refractivity contribution in [2.75, 3.05) is 7.05 Å². The zero-order chi connectivity index (χ0) is 13.0. The average molecular weight is 250 g/mol. The highest BCUT2D eigenvalue weighted by molar-refractivity contribution is 5.78. The summed E-state index contributed by atoms with van der Waals surface area (Å²) in [6.45, 7) is 2.22. The fourth-order valence-corrected chi connectivity index (χ4v) is 2.97. The van der Waals surface area contributed by atoms with Gasteiger partial charge in [-0.05, 0) is 18.8 Å². The lowest BCUT2D eigenvalue weighted by Gasteiger charge is -2.37. The first-order valence-corrected chi connectivity index (χ1v) is 6.87. The molecule has 18 heavy (non-hydrogen) atoms. The van der Waals surface area contributed by atoms with Gasteiger partial charge in [-0.3, -0.25) is 4.79 Å². The third kappa shape index (κ3) is 2.92. The molecule has 4 nitrogen and oxygen atoms in total. The third-order valence-electron chi connectivity index (χ3n) is 4.11. The van der Waals surface area contributed by atoms with Crippen molar-refractivity contribution in [3.63, 3.8) is 0 Å². The van der Waals surface area contributed by atoms with E-state index in [1.54, 1.807) is 6.07 Å². The molecular weight excluding hydrogens is 228 g/mol. The molecule has 1 aliphatic carbocycles. The molecule has 1 heterocycles. The lowest BCUT2D eigenvalue weighted by atomic mass is 9.82. The number of carbonyl (C=O) groups excluding carboxylic acids is 1. The van der Waals surface area contributed by atoms with Crippen LogP contribution >= 0.6 is 0 Å². The summed E-state index contributed by atoms with van der Waals surface area (Å²) < 4.78 is 4.76. The third-order valence-corrected chi connectivity index (χ3v) is 4.11. The van der Waals surface area contributed by atoms with Crippen molar-refractivity contribution in [2.24, 2.45) is 5.92 Å². The summed E-state index contributed by atoms with van der Waals surface area (Å²) in [5.41, 5.74) is 0.718. The van der Waals surface area contributed by atoms with Crippen LogP contribution in [0, 0.1) is 5.92 Å². The molecule has 0 bridgehead atoms. The van der Waals surface area contributed by atoms with E-state index in [2.05, 4.69) is 12.1 Å². The Kier molecular flexibility index (Phi) is 4.39. The quantitative estimate of drug-likeness (QED) is 0.825. The van der Waals surface area contributed by atoms with Crippen LogP contribution in [0.5, 0.6) is 0 Å². The first-order chi connectivity index (χ1) is 8.72. The van der Waals surface area contributed by atoms with Crippen LogP contribution in [-0.4, -0.2) is 29.1 Å². The normalized spacial score (nSPS) is 23.9. The minimum atomic E-state index is 0.147. The molecule has 1 fully saturated rings. The van der Waals surface area contributed by atoms with E-state index in [-0.39, 0.29) is 5.91 Å². The Hall–Kier alpha value is -1.32. The van der Waals surface area contributed by atoms with Crippen molar-refractivity contribution in [1.29, 1.82) is 0 Å². The molecule has 1 aromatic heterocycles. The van der Waals surface area contributed by atoms with Gasteiger partial charge in [0.05, 0.1) is 12.1 Å². The Balaban J connectivity index is 1.96. The molecule has 1 aliphatic rings. The molecule has 2 atom stereocenters. The first-order valence-electron chi connectivity index (χ1n) is 6.87. The van der Waals surface area contributed by atoms with Crippen LogP contribution in [0.4, 0.5) is 0 Å². The highest BCUT2D eigenvalue weighted by Crippen LogP contribution is 2.30. The lowest BCUT2D eigenvalue weighted by Crippen LogP contribution is -2.44. The molecule has 0 unspecified atom stereocenters. The van der Waals surface area contributed by atoms with E-state index in [0.717, 1.165) is 18.5 Å². The number of aromatic nitrogens is 1. The van der Waals surface area contributed by atoms with Crippen LogP contribution in [0.3, 0.4) is 0 Å². The Morgan fingerprint density at radius 1 is 1.50 bits per heavy atom. The summed E-state index contributed by atoms with van der Waals surface area (Å²) in [5, 5.41) is 3.80. The minimum Gasteiger partial charge on any atom is -0.364 e. The van der Waals surface area contributed by atoms with Crippen LogP contribution in [0.25, 0.3) is 0 Å². The van der Waals surface area contributed by atoms with Gasteiger partial charge in [0.15, 0.2) is 0 Å². The molecule has 0 radical (unpaired) electrons. The fourth-order valence-electron chi connectivity index (χ4n) is 2.97. The highest BCUT2D eigenvalue weighted by Gasteiger charge is 2.29. The molecule has 0 aliphatic heterocycles. The number of hydrogen-bond donors (Lipinski definition) is 0. The summed E-state index contributed by atoms with van der Waals surface area (Å²) >= 11 is 0. The maximum atomic E-state index is 12.2. The smallest absolute Gasteiger partial charge is 0.228 e. The Labute approximate surface area is 108 Å². The van der Waals surface area contributed by atoms with Gasteiger partial charge >= 0.3 is 0 Å². The van der Waals surface area contributed by atoms with Gasteiger partial charge in [-0.2, -0.15) is 0 Å². The molecule has 0 aromatic carbocycles. The Bertz CT molecular complexity index is 375. The van der Waals surface area contributed by atoms with Gasteiger partial charge in [-0.25, -0.2) is 0 Å². The number of likely N-dealkylation sites (N-methyl/N-ethyl adjacent to an activating group) is 1. The summed E-state index contributed by atoms with van der Waals surface area (Å²) in [6, 6.07) is 2.16. The fraction of sp³-hybridized carbons (Fsp3) is 0.714. The topological polar surface area (TPSA) is 46.3 Å². The van der Waals surface area contributed by atoms with Crippen molar-refractivity contribution in [3.8, 4) is 0 Å². The van der Waals surface area contributed by atoms with Crippen molar-refractivity contribution >= 4 is 5.91 Å². The highest BCUT2D eigenvalue weighted by atomic mass is 16.5. The van der Waals surface area contributed by atoms with Crippen LogP contribution in [-0.2, 0) is 11.2 Å². The summed E-state index contributed by atoms with van der Waals surface area (Å²) in [4.78, 5) is 14.1. The van der Waals surface area contributed by atoms with Crippen LogP contribution in [0.2, 0.25) is 0 Å². The van der Waals surface area contributed by atoms with Gasteiger partial charge in [0.1, 0.15) is 6.26 Å². The summed E-state index contributed by atoms with van der Waals surface area (Å²) in [5.74, 6) is 0.805. The average Bonchev–Trinajstić information content (AvgIpc) is 2.90. The van der Waals surface area contributed by atoms with Crippen LogP contribution < -0.4 is 0 Å². The van der Waals surface area contributed by atoms with Crippen LogP contribution in [0.1, 0.15) is 44.7 Å². The molecule has 0 saturated heterocycles. The standard InChI is InChI=1S/C14H22N2O2/c1-3-11-6-4-5-7-13(11)16(2)14(17)10-12-8-9-18-15-12/h8-9,11,13H,3-7,10H2,1-2H3/t11-,13+/m0/s1. The van der Waals surface area contributed by atoms with Gasteiger partial charge in [-0.15, -0.1) is 0 Å². The second kappa shape index (κ2) is 6.03. The van der Waals surface area contributed by atoms with E-state index >= 15 is 0 Å². The zero-order valence-corrected chi connectivity index (χ0v) is 11.3. The van der Waals surface area contributed by atoms with Gasteiger partial charge in [0.25, 0.3) is 0 Å². The van der Waals surface area contributed by atoms with Gasteiger partial charge < -0.3 is 9.42 Å². The molecule has 1 amide bonds. The van der Waals surface area contributed by atoms with E-state index in [0.29, 0.717) is 18.4 Å². The molecule has 0 N–H and O–H groups in total. The summed E-state index contributed by atoms with van der Waals surface area (Å²) in [7, 11) is 1.93. The monoisotopic (exact) mass is 250 g/mol. The second-order valence-corrected chi connectivity index (χ2v) is 5.19. The van der Waals surface area contributed by atoms with Gasteiger partial charge in [-0.1, -0.05) is 31.3 Å². The Morgan fingerprint density at radius 3 is 2.94 bits per heavy atom. The van der Waals surface area contributed by atoms with Crippen LogP contribution in [0.15, 0.2) is 16.9 Å². The van der Waals surface area contributed by atoms with E-state index < -0.39 is 0 Å². The van der Waals surface area contributed by atoms with E-state index in [1.807, 2.05) is 11.9 Å². The predicted octanol–water partition coefficient (Wildman–Crippen LogP) is 2.64. The largest absolute Gasteiger partial charge is 0.364 e. The lowest BCUT2D eigenvalue weighted by molar-refractivity contribution is -0.133. The van der Waals surface area contributed by atoms with Crippen molar-refractivity contribution in [3.05, 3.63) is 18.0 Å². The first kappa shape index (κ1) is 13.1. The number of hydrogen-bond acceptors (Lipinski definition) is 3. The number of nitrogens with zero attached hydrogens (tertiary/aromatic N) is 2. The maximum absolute atomic E-state index is 12.2. The molecule has 4 heteroatoms. The minimum absolute atomic E-state index is 0.147.